The molecule has 1 atom stereocenters. The van der Waals surface area contributed by atoms with Crippen LogP contribution in [0.15, 0.2) is 45.7 Å². The van der Waals surface area contributed by atoms with Crippen molar-refractivity contribution in [1.29, 1.82) is 0 Å². The molecule has 1 fully saturated rings. The van der Waals surface area contributed by atoms with Crippen LogP contribution >= 0.6 is 11.8 Å². The number of thioether (sulfide) groups is 1. The Kier molecular flexibility index (Phi) is 4.99. The van der Waals surface area contributed by atoms with Gasteiger partial charge in [-0.05, 0) is 49.4 Å². The van der Waals surface area contributed by atoms with Crippen LogP contribution in [-0.4, -0.2) is 33.2 Å². The average molecular weight is 371 g/mol. The molecule has 0 spiro atoms. The molecule has 1 aromatic heterocycles. The van der Waals surface area contributed by atoms with Crippen molar-refractivity contribution < 1.29 is 23.9 Å². The first kappa shape index (κ1) is 18.0. The van der Waals surface area contributed by atoms with E-state index in [0.29, 0.717) is 28.4 Å². The van der Waals surface area contributed by atoms with Crippen molar-refractivity contribution in [2.75, 3.05) is 0 Å². The van der Waals surface area contributed by atoms with Crippen LogP contribution in [0.1, 0.15) is 36.4 Å². The Hall–Kier alpha value is -2.80. The summed E-state index contributed by atoms with van der Waals surface area (Å²) in [6.07, 6.45) is 2.23. The zero-order chi connectivity index (χ0) is 18.8. The van der Waals surface area contributed by atoms with Crippen LogP contribution in [0.5, 0.6) is 0 Å². The van der Waals surface area contributed by atoms with Crippen molar-refractivity contribution >= 4 is 35.0 Å². The Bertz CT molecular complexity index is 914. The lowest BCUT2D eigenvalue weighted by atomic mass is 10.1. The SMILES string of the molecule is CC[C@H](C)N1C(=O)S/C(=C/c2ccc(-c3cccc(C(=O)O)c3)o2)C1=O. The van der Waals surface area contributed by atoms with Crippen LogP contribution in [0.3, 0.4) is 0 Å². The molecule has 0 aliphatic carbocycles. The lowest BCUT2D eigenvalue weighted by Crippen LogP contribution is -2.36. The van der Waals surface area contributed by atoms with Gasteiger partial charge in [-0.3, -0.25) is 14.5 Å². The first-order valence-corrected chi connectivity index (χ1v) is 8.93. The summed E-state index contributed by atoms with van der Waals surface area (Å²) in [7, 11) is 0. The fraction of sp³-hybridized carbons (Fsp3) is 0.211. The largest absolute Gasteiger partial charge is 0.478 e. The summed E-state index contributed by atoms with van der Waals surface area (Å²) in [6, 6.07) is 9.62. The van der Waals surface area contributed by atoms with Crippen LogP contribution in [0, 0.1) is 0 Å². The molecule has 0 bridgehead atoms. The van der Waals surface area contributed by atoms with Crippen molar-refractivity contribution in [2.24, 2.45) is 0 Å². The number of hydrogen-bond acceptors (Lipinski definition) is 5. The fourth-order valence-corrected chi connectivity index (χ4v) is 3.47. The number of amides is 2. The van der Waals surface area contributed by atoms with Crippen LogP contribution in [-0.2, 0) is 4.79 Å². The van der Waals surface area contributed by atoms with Crippen LogP contribution < -0.4 is 0 Å². The maximum Gasteiger partial charge on any atom is 0.335 e. The molecule has 1 aromatic carbocycles. The van der Waals surface area contributed by atoms with Gasteiger partial charge < -0.3 is 9.52 Å². The minimum absolute atomic E-state index is 0.153. The van der Waals surface area contributed by atoms with E-state index in [2.05, 4.69) is 0 Å². The van der Waals surface area contributed by atoms with Gasteiger partial charge in [0.15, 0.2) is 0 Å². The van der Waals surface area contributed by atoms with E-state index in [9.17, 15) is 14.4 Å². The monoisotopic (exact) mass is 371 g/mol. The second-order valence-corrected chi connectivity index (χ2v) is 6.89. The minimum Gasteiger partial charge on any atom is -0.478 e. The van der Waals surface area contributed by atoms with E-state index in [-0.39, 0.29) is 22.8 Å². The van der Waals surface area contributed by atoms with Crippen molar-refractivity contribution in [2.45, 2.75) is 26.3 Å². The molecule has 0 saturated carbocycles. The molecule has 1 N–H and O–H groups in total. The summed E-state index contributed by atoms with van der Waals surface area (Å²) in [6.45, 7) is 3.75. The van der Waals surface area contributed by atoms with Gasteiger partial charge >= 0.3 is 5.97 Å². The highest BCUT2D eigenvalue weighted by Gasteiger charge is 2.37. The van der Waals surface area contributed by atoms with Gasteiger partial charge in [-0.1, -0.05) is 19.1 Å². The van der Waals surface area contributed by atoms with Gasteiger partial charge in [0, 0.05) is 17.7 Å². The zero-order valence-electron chi connectivity index (χ0n) is 14.3. The van der Waals surface area contributed by atoms with Crippen molar-refractivity contribution in [3.63, 3.8) is 0 Å². The third kappa shape index (κ3) is 3.43. The van der Waals surface area contributed by atoms with E-state index in [0.717, 1.165) is 11.8 Å². The predicted octanol–water partition coefficient (Wildman–Crippen LogP) is 4.48. The Labute approximate surface area is 154 Å². The van der Waals surface area contributed by atoms with E-state index in [1.165, 1.54) is 23.1 Å². The summed E-state index contributed by atoms with van der Waals surface area (Å²) >= 11 is 0.893. The summed E-state index contributed by atoms with van der Waals surface area (Å²) in [5.41, 5.74) is 0.785. The van der Waals surface area contributed by atoms with Crippen LogP contribution in [0.25, 0.3) is 17.4 Å². The van der Waals surface area contributed by atoms with Crippen LogP contribution in [0.2, 0.25) is 0 Å². The number of carboxylic acid groups (broad SMARTS) is 1. The quantitative estimate of drug-likeness (QED) is 0.780. The van der Waals surface area contributed by atoms with Gasteiger partial charge in [0.05, 0.1) is 10.5 Å². The number of rotatable bonds is 5. The second-order valence-electron chi connectivity index (χ2n) is 5.90. The van der Waals surface area contributed by atoms with E-state index in [4.69, 9.17) is 9.52 Å². The molecular formula is C19H17NO5S. The summed E-state index contributed by atoms with van der Waals surface area (Å²) in [5.74, 6) is -0.423. The van der Waals surface area contributed by atoms with Crippen molar-refractivity contribution in [3.05, 3.63) is 52.6 Å². The number of nitrogens with zero attached hydrogens (tertiary/aromatic N) is 1. The normalized spacial score (nSPS) is 17.2. The molecule has 0 radical (unpaired) electrons. The van der Waals surface area contributed by atoms with Gasteiger partial charge in [-0.2, -0.15) is 0 Å². The van der Waals surface area contributed by atoms with Crippen LogP contribution in [0.4, 0.5) is 4.79 Å². The van der Waals surface area contributed by atoms with Gasteiger partial charge in [-0.15, -0.1) is 0 Å². The predicted molar refractivity (Wildman–Crippen MR) is 98.7 cm³/mol. The van der Waals surface area contributed by atoms with E-state index in [1.807, 2.05) is 13.8 Å². The number of benzene rings is 1. The smallest absolute Gasteiger partial charge is 0.335 e. The van der Waals surface area contributed by atoms with E-state index < -0.39 is 5.97 Å². The molecule has 2 amide bonds. The molecule has 7 heteroatoms. The Morgan fingerprint density at radius 3 is 2.77 bits per heavy atom. The lowest BCUT2D eigenvalue weighted by Gasteiger charge is -2.19. The maximum absolute atomic E-state index is 12.4. The highest BCUT2D eigenvalue weighted by atomic mass is 32.2. The molecule has 1 aliphatic rings. The highest BCUT2D eigenvalue weighted by molar-refractivity contribution is 8.18. The highest BCUT2D eigenvalue weighted by Crippen LogP contribution is 2.35. The fourth-order valence-electron chi connectivity index (χ4n) is 2.56. The molecule has 1 saturated heterocycles. The third-order valence-electron chi connectivity index (χ3n) is 4.15. The summed E-state index contributed by atoms with van der Waals surface area (Å²) < 4.78 is 5.71. The standard InChI is InChI=1S/C19H17NO5S/c1-3-11(2)20-17(21)16(26-19(20)24)10-14-7-8-15(25-14)12-5-4-6-13(9-12)18(22)23/h4-11H,3H2,1-2H3,(H,22,23)/b16-10+/t11-/m0/s1. The minimum atomic E-state index is -1.02. The zero-order valence-corrected chi connectivity index (χ0v) is 15.1. The number of hydrogen-bond donors (Lipinski definition) is 1. The molecule has 2 heterocycles. The number of carbonyl (C=O) groups excluding carboxylic acids is 2. The number of imide groups is 1. The Morgan fingerprint density at radius 2 is 2.08 bits per heavy atom. The van der Waals surface area contributed by atoms with Gasteiger partial charge in [-0.25, -0.2) is 4.79 Å². The number of furan rings is 1. The van der Waals surface area contributed by atoms with Gasteiger partial charge in [0.1, 0.15) is 11.5 Å². The van der Waals surface area contributed by atoms with E-state index in [1.54, 1.807) is 24.3 Å². The topological polar surface area (TPSA) is 87.8 Å². The Morgan fingerprint density at radius 1 is 1.31 bits per heavy atom. The van der Waals surface area contributed by atoms with E-state index >= 15 is 0 Å². The molecule has 6 nitrogen and oxygen atoms in total. The molecule has 2 aromatic rings. The molecule has 26 heavy (non-hydrogen) atoms. The molecule has 3 rings (SSSR count). The molecule has 0 unspecified atom stereocenters. The lowest BCUT2D eigenvalue weighted by molar-refractivity contribution is -0.124. The first-order chi connectivity index (χ1) is 12.4. The number of carbonyl (C=O) groups is 3. The molecular weight excluding hydrogens is 354 g/mol. The number of carboxylic acids is 1. The average Bonchev–Trinajstić information content (AvgIpc) is 3.19. The second kappa shape index (κ2) is 7.21. The number of aromatic carboxylic acids is 1. The molecule has 1 aliphatic heterocycles. The maximum atomic E-state index is 12.4. The summed E-state index contributed by atoms with van der Waals surface area (Å²) in [4.78, 5) is 37.1. The summed E-state index contributed by atoms with van der Waals surface area (Å²) in [5, 5.41) is 8.80. The van der Waals surface area contributed by atoms with Gasteiger partial charge in [0.2, 0.25) is 0 Å². The molecule has 134 valence electrons. The van der Waals surface area contributed by atoms with Crippen molar-refractivity contribution in [1.82, 2.24) is 4.90 Å². The van der Waals surface area contributed by atoms with Gasteiger partial charge in [0.25, 0.3) is 11.1 Å². The van der Waals surface area contributed by atoms with Crippen molar-refractivity contribution in [3.8, 4) is 11.3 Å². The third-order valence-corrected chi connectivity index (χ3v) is 5.03. The first-order valence-electron chi connectivity index (χ1n) is 8.11. The Balaban J connectivity index is 1.86.